The zero-order chi connectivity index (χ0) is 15.1. The molecule has 1 aromatic rings. The SMILES string of the molecule is CN(C)C=C(C=O)c1ccc(Cl)cc1.O=P(Cl)(Cl)Cl. The van der Waals surface area contributed by atoms with Crippen LogP contribution in [-0.4, -0.2) is 25.3 Å². The predicted octanol–water partition coefficient (Wildman–Crippen LogP) is 5.25. The molecular weight excluding hydrogens is 351 g/mol. The van der Waals surface area contributed by atoms with E-state index >= 15 is 0 Å². The molecule has 0 spiro atoms. The number of aldehydes is 1. The number of carbonyl (C=O) groups is 1. The van der Waals surface area contributed by atoms with Crippen LogP contribution in [0.5, 0.6) is 0 Å². The molecule has 0 unspecified atom stereocenters. The van der Waals surface area contributed by atoms with Gasteiger partial charge in [-0.05, 0) is 51.4 Å². The Morgan fingerprint density at radius 2 is 1.58 bits per heavy atom. The summed E-state index contributed by atoms with van der Waals surface area (Å²) in [5.74, 6) is 0. The normalized spacial score (nSPS) is 11.4. The third-order valence-electron chi connectivity index (χ3n) is 1.70. The molecule has 0 aliphatic heterocycles. The van der Waals surface area contributed by atoms with Gasteiger partial charge in [0, 0.05) is 30.9 Å². The van der Waals surface area contributed by atoms with Crippen LogP contribution in [-0.2, 0) is 9.36 Å². The summed E-state index contributed by atoms with van der Waals surface area (Å²) in [7, 11) is 3.75. The number of benzene rings is 1. The first kappa shape index (κ1) is 18.8. The van der Waals surface area contributed by atoms with Gasteiger partial charge in [0.1, 0.15) is 0 Å². The second kappa shape index (κ2) is 8.89. The van der Waals surface area contributed by atoms with Crippen molar-refractivity contribution in [2.24, 2.45) is 0 Å². The van der Waals surface area contributed by atoms with E-state index in [9.17, 15) is 9.36 Å². The molecule has 0 atom stereocenters. The molecular formula is C11H12Cl4NO2P. The van der Waals surface area contributed by atoms with Crippen LogP contribution in [0.25, 0.3) is 5.57 Å². The predicted molar refractivity (Wildman–Crippen MR) is 84.3 cm³/mol. The lowest BCUT2D eigenvalue weighted by molar-refractivity contribution is -0.103. The summed E-state index contributed by atoms with van der Waals surface area (Å²) >= 11 is 19.6. The van der Waals surface area contributed by atoms with Crippen molar-refractivity contribution in [1.29, 1.82) is 0 Å². The maximum Gasteiger partial charge on any atom is 0.339 e. The molecule has 0 heterocycles. The van der Waals surface area contributed by atoms with E-state index in [1.54, 1.807) is 18.3 Å². The maximum atomic E-state index is 10.8. The number of nitrogens with zero attached hydrogens (tertiary/aromatic N) is 1. The van der Waals surface area contributed by atoms with Crippen LogP contribution in [0.15, 0.2) is 30.5 Å². The Balaban J connectivity index is 0.000000555. The van der Waals surface area contributed by atoms with Crippen molar-refractivity contribution in [3.63, 3.8) is 0 Å². The summed E-state index contributed by atoms with van der Waals surface area (Å²) in [5, 5.41) is -2.55. The molecule has 0 saturated heterocycles. The molecule has 1 rings (SSSR count). The van der Waals surface area contributed by atoms with E-state index in [0.29, 0.717) is 10.6 Å². The first-order valence-corrected chi connectivity index (χ1v) is 9.72. The van der Waals surface area contributed by atoms with Crippen molar-refractivity contribution < 1.29 is 9.36 Å². The Hall–Kier alpha value is -0.180. The Labute approximate surface area is 131 Å². The largest absolute Gasteiger partial charge is 0.383 e. The summed E-state index contributed by atoms with van der Waals surface area (Å²) in [5.41, 5.74) is 1.52. The fourth-order valence-electron chi connectivity index (χ4n) is 1.09. The third kappa shape index (κ3) is 11.4. The highest BCUT2D eigenvalue weighted by Crippen LogP contribution is 2.61. The van der Waals surface area contributed by atoms with Gasteiger partial charge in [0.05, 0.1) is 0 Å². The van der Waals surface area contributed by atoms with Gasteiger partial charge in [-0.1, -0.05) is 23.7 Å². The van der Waals surface area contributed by atoms with Gasteiger partial charge in [-0.2, -0.15) is 0 Å². The van der Waals surface area contributed by atoms with E-state index in [-0.39, 0.29) is 0 Å². The van der Waals surface area contributed by atoms with E-state index in [1.807, 2.05) is 31.1 Å². The van der Waals surface area contributed by atoms with Crippen molar-refractivity contribution in [3.05, 3.63) is 41.1 Å². The molecule has 0 amide bonds. The Morgan fingerprint density at radius 1 is 1.16 bits per heavy atom. The second-order valence-corrected chi connectivity index (χ2v) is 10.6. The standard InChI is InChI=1S/C11H12ClNO.Cl3OP/c1-13(2)7-10(8-14)9-3-5-11(12)6-4-9;1-5(2,3)4/h3-8H,1-2H3;. The number of halogens is 4. The first-order valence-electron chi connectivity index (χ1n) is 4.92. The number of carbonyl (C=O) groups excluding carboxylic acids is 1. The van der Waals surface area contributed by atoms with Crippen LogP contribution >= 0.6 is 50.5 Å². The zero-order valence-electron chi connectivity index (χ0n) is 10.2. The lowest BCUT2D eigenvalue weighted by Crippen LogP contribution is -2.03. The maximum absolute atomic E-state index is 10.8. The quantitative estimate of drug-likeness (QED) is 0.418. The topological polar surface area (TPSA) is 37.4 Å². The Kier molecular flexibility index (Phi) is 8.80. The monoisotopic (exact) mass is 361 g/mol. The first-order chi connectivity index (χ1) is 8.63. The van der Waals surface area contributed by atoms with Crippen LogP contribution in [0.2, 0.25) is 5.02 Å². The third-order valence-corrected chi connectivity index (χ3v) is 1.95. The highest BCUT2D eigenvalue weighted by Gasteiger charge is 2.03. The lowest BCUT2D eigenvalue weighted by Gasteiger charge is -2.07. The molecule has 3 nitrogen and oxygen atoms in total. The number of hydrogen-bond donors (Lipinski definition) is 0. The summed E-state index contributed by atoms with van der Waals surface area (Å²) in [6.07, 6.45) is 2.61. The molecule has 0 saturated carbocycles. The van der Waals surface area contributed by atoms with Crippen LogP contribution in [0, 0.1) is 0 Å². The van der Waals surface area contributed by atoms with Gasteiger partial charge in [-0.15, -0.1) is 0 Å². The van der Waals surface area contributed by atoms with E-state index in [1.165, 1.54) is 0 Å². The molecule has 0 fully saturated rings. The van der Waals surface area contributed by atoms with Gasteiger partial charge in [0.15, 0.2) is 6.29 Å². The van der Waals surface area contributed by atoms with Crippen molar-refractivity contribution in [1.82, 2.24) is 4.90 Å². The molecule has 106 valence electrons. The second-order valence-electron chi connectivity index (χ2n) is 3.57. The fraction of sp³-hybridized carbons (Fsp3) is 0.182. The van der Waals surface area contributed by atoms with Crippen molar-refractivity contribution in [2.75, 3.05) is 14.1 Å². The summed E-state index contributed by atoms with van der Waals surface area (Å²) in [6, 6.07) is 7.19. The Bertz CT molecular complexity index is 474. The minimum atomic E-state index is -3.22. The molecule has 0 aliphatic carbocycles. The minimum Gasteiger partial charge on any atom is -0.383 e. The van der Waals surface area contributed by atoms with Gasteiger partial charge < -0.3 is 4.90 Å². The highest BCUT2D eigenvalue weighted by molar-refractivity contribution is 8.24. The summed E-state index contributed by atoms with van der Waals surface area (Å²) in [6.45, 7) is 0. The molecule has 0 N–H and O–H groups in total. The van der Waals surface area contributed by atoms with Crippen LogP contribution < -0.4 is 0 Å². The zero-order valence-corrected chi connectivity index (χ0v) is 14.1. The number of rotatable bonds is 3. The molecule has 0 aliphatic rings. The average molecular weight is 363 g/mol. The van der Waals surface area contributed by atoms with Gasteiger partial charge in [0.25, 0.3) is 0 Å². The summed E-state index contributed by atoms with van der Waals surface area (Å²) in [4.78, 5) is 12.6. The molecule has 0 aromatic heterocycles. The average Bonchev–Trinajstić information content (AvgIpc) is 2.24. The van der Waals surface area contributed by atoms with Crippen molar-refractivity contribution in [2.45, 2.75) is 0 Å². The van der Waals surface area contributed by atoms with Crippen molar-refractivity contribution in [3.8, 4) is 0 Å². The fourth-order valence-corrected chi connectivity index (χ4v) is 1.22. The molecule has 0 bridgehead atoms. The van der Waals surface area contributed by atoms with E-state index in [4.69, 9.17) is 11.6 Å². The highest BCUT2D eigenvalue weighted by atomic mass is 36.0. The van der Waals surface area contributed by atoms with Gasteiger partial charge in [-0.25, -0.2) is 0 Å². The summed E-state index contributed by atoms with van der Waals surface area (Å²) < 4.78 is 9.51. The van der Waals surface area contributed by atoms with Crippen LogP contribution in [0.1, 0.15) is 5.56 Å². The molecule has 1 aromatic carbocycles. The number of hydrogen-bond acceptors (Lipinski definition) is 3. The minimum absolute atomic E-state index is 0.645. The van der Waals surface area contributed by atoms with E-state index in [0.717, 1.165) is 11.8 Å². The van der Waals surface area contributed by atoms with Crippen LogP contribution in [0.4, 0.5) is 0 Å². The molecule has 8 heteroatoms. The van der Waals surface area contributed by atoms with Gasteiger partial charge in [0.2, 0.25) is 0 Å². The van der Waals surface area contributed by atoms with Crippen molar-refractivity contribution >= 4 is 62.4 Å². The van der Waals surface area contributed by atoms with E-state index < -0.39 is 5.20 Å². The Morgan fingerprint density at radius 3 is 1.89 bits per heavy atom. The molecule has 0 radical (unpaired) electrons. The molecule has 19 heavy (non-hydrogen) atoms. The van der Waals surface area contributed by atoms with Gasteiger partial charge in [-0.3, -0.25) is 9.36 Å². The smallest absolute Gasteiger partial charge is 0.339 e. The van der Waals surface area contributed by atoms with Gasteiger partial charge >= 0.3 is 5.20 Å². The van der Waals surface area contributed by atoms with E-state index in [2.05, 4.69) is 33.7 Å². The lowest BCUT2D eigenvalue weighted by atomic mass is 10.1. The van der Waals surface area contributed by atoms with Crippen LogP contribution in [0.3, 0.4) is 0 Å². The number of allylic oxidation sites excluding steroid dienone is 1.